The maximum atomic E-state index is 12.4. The van der Waals surface area contributed by atoms with E-state index in [1.165, 1.54) is 0 Å². The van der Waals surface area contributed by atoms with Gasteiger partial charge in [-0.25, -0.2) is 9.97 Å². The second-order valence-electron chi connectivity index (χ2n) is 5.60. The van der Waals surface area contributed by atoms with E-state index in [4.69, 9.17) is 0 Å². The van der Waals surface area contributed by atoms with Gasteiger partial charge in [0.25, 0.3) is 0 Å². The molecule has 1 aliphatic rings. The molecule has 23 heavy (non-hydrogen) atoms. The van der Waals surface area contributed by atoms with Gasteiger partial charge in [0.05, 0.1) is 6.04 Å². The fourth-order valence-corrected chi connectivity index (χ4v) is 2.70. The molecule has 2 aromatic rings. The summed E-state index contributed by atoms with van der Waals surface area (Å²) in [5.74, 6) is 0.786. The molecule has 0 radical (unpaired) electrons. The molecule has 1 aromatic carbocycles. The van der Waals surface area contributed by atoms with Crippen LogP contribution in [-0.4, -0.2) is 53.0 Å². The third-order valence-electron chi connectivity index (χ3n) is 4.12. The molecule has 2 heterocycles. The van der Waals surface area contributed by atoms with Crippen molar-refractivity contribution < 1.29 is 4.79 Å². The number of carbonyl (C=O) groups is 1. The molecule has 120 valence electrons. The minimum atomic E-state index is -0.158. The third kappa shape index (κ3) is 3.84. The second kappa shape index (κ2) is 7.19. The maximum Gasteiger partial charge on any atom is 0.241 e. The van der Waals surface area contributed by atoms with E-state index < -0.39 is 0 Å². The smallest absolute Gasteiger partial charge is 0.241 e. The summed E-state index contributed by atoms with van der Waals surface area (Å²) in [6, 6.07) is 11.2. The molecule has 1 amide bonds. The summed E-state index contributed by atoms with van der Waals surface area (Å²) < 4.78 is 0. The number of para-hydroxylation sites is 1. The van der Waals surface area contributed by atoms with Crippen LogP contribution >= 0.6 is 0 Å². The van der Waals surface area contributed by atoms with Gasteiger partial charge in [0.2, 0.25) is 11.9 Å². The molecule has 0 saturated carbocycles. The van der Waals surface area contributed by atoms with Crippen molar-refractivity contribution >= 4 is 17.5 Å². The van der Waals surface area contributed by atoms with Crippen LogP contribution in [0.1, 0.15) is 6.92 Å². The molecule has 6 heteroatoms. The van der Waals surface area contributed by atoms with Crippen molar-refractivity contribution in [2.75, 3.05) is 36.4 Å². The summed E-state index contributed by atoms with van der Waals surface area (Å²) in [7, 11) is 0. The Morgan fingerprint density at radius 1 is 1.04 bits per heavy atom. The first-order valence-corrected chi connectivity index (χ1v) is 7.86. The summed E-state index contributed by atoms with van der Waals surface area (Å²) in [5, 5.41) is 2.96. The van der Waals surface area contributed by atoms with Crippen molar-refractivity contribution in [1.82, 2.24) is 14.9 Å². The summed E-state index contributed by atoms with van der Waals surface area (Å²) in [6.07, 6.45) is 3.51. The van der Waals surface area contributed by atoms with Gasteiger partial charge in [-0.15, -0.1) is 0 Å². The fourth-order valence-electron chi connectivity index (χ4n) is 2.70. The number of hydrogen-bond acceptors (Lipinski definition) is 5. The number of benzene rings is 1. The van der Waals surface area contributed by atoms with Crippen LogP contribution in [0.15, 0.2) is 48.8 Å². The lowest BCUT2D eigenvalue weighted by atomic mass is 10.2. The highest BCUT2D eigenvalue weighted by molar-refractivity contribution is 5.94. The Hall–Kier alpha value is -2.47. The average Bonchev–Trinajstić information content (AvgIpc) is 2.63. The van der Waals surface area contributed by atoms with Crippen molar-refractivity contribution in [3.63, 3.8) is 0 Å². The molecule has 1 aromatic heterocycles. The number of nitrogens with zero attached hydrogens (tertiary/aromatic N) is 4. The Morgan fingerprint density at radius 2 is 1.70 bits per heavy atom. The molecule has 1 fully saturated rings. The fraction of sp³-hybridized carbons (Fsp3) is 0.353. The summed E-state index contributed by atoms with van der Waals surface area (Å²) >= 11 is 0. The normalized spacial score (nSPS) is 16.8. The van der Waals surface area contributed by atoms with Gasteiger partial charge in [-0.1, -0.05) is 18.2 Å². The van der Waals surface area contributed by atoms with Gasteiger partial charge < -0.3 is 10.2 Å². The van der Waals surface area contributed by atoms with Gasteiger partial charge in [-0.05, 0) is 25.1 Å². The first kappa shape index (κ1) is 15.4. The number of aromatic nitrogens is 2. The van der Waals surface area contributed by atoms with Gasteiger partial charge in [0, 0.05) is 44.3 Å². The van der Waals surface area contributed by atoms with E-state index in [9.17, 15) is 4.79 Å². The van der Waals surface area contributed by atoms with Crippen LogP contribution in [0.3, 0.4) is 0 Å². The predicted molar refractivity (Wildman–Crippen MR) is 90.4 cm³/mol. The van der Waals surface area contributed by atoms with Gasteiger partial charge in [0.1, 0.15) is 0 Å². The van der Waals surface area contributed by atoms with E-state index in [1.54, 1.807) is 12.4 Å². The molecule has 0 bridgehead atoms. The zero-order valence-electron chi connectivity index (χ0n) is 13.2. The molecule has 1 unspecified atom stereocenters. The zero-order chi connectivity index (χ0) is 16.1. The van der Waals surface area contributed by atoms with Crippen molar-refractivity contribution in [3.05, 3.63) is 48.8 Å². The second-order valence-corrected chi connectivity index (χ2v) is 5.60. The first-order chi connectivity index (χ1) is 11.2. The van der Waals surface area contributed by atoms with Gasteiger partial charge in [-0.2, -0.15) is 0 Å². The van der Waals surface area contributed by atoms with Gasteiger partial charge >= 0.3 is 0 Å². The van der Waals surface area contributed by atoms with Crippen molar-refractivity contribution in [2.24, 2.45) is 0 Å². The molecule has 0 spiro atoms. The van der Waals surface area contributed by atoms with E-state index in [0.717, 1.165) is 37.8 Å². The van der Waals surface area contributed by atoms with E-state index in [-0.39, 0.29) is 11.9 Å². The molecular weight excluding hydrogens is 290 g/mol. The highest BCUT2D eigenvalue weighted by Gasteiger charge is 2.26. The number of nitrogens with one attached hydrogen (secondary N) is 1. The first-order valence-electron chi connectivity index (χ1n) is 7.86. The molecule has 1 aliphatic heterocycles. The van der Waals surface area contributed by atoms with Crippen molar-refractivity contribution in [3.8, 4) is 0 Å². The van der Waals surface area contributed by atoms with E-state index in [1.807, 2.05) is 43.3 Å². The number of rotatable bonds is 4. The van der Waals surface area contributed by atoms with Crippen molar-refractivity contribution in [1.29, 1.82) is 0 Å². The van der Waals surface area contributed by atoms with Crippen LogP contribution in [0.2, 0.25) is 0 Å². The van der Waals surface area contributed by atoms with Crippen LogP contribution in [0.5, 0.6) is 0 Å². The van der Waals surface area contributed by atoms with E-state index in [2.05, 4.69) is 25.1 Å². The Labute approximate surface area is 136 Å². The molecule has 1 saturated heterocycles. The SMILES string of the molecule is CC(C(=O)Nc1ccccc1)N1CCN(c2ncccn2)CC1. The lowest BCUT2D eigenvalue weighted by molar-refractivity contribution is -0.120. The summed E-state index contributed by atoms with van der Waals surface area (Å²) in [5.41, 5.74) is 0.834. The zero-order valence-corrected chi connectivity index (χ0v) is 13.2. The Balaban J connectivity index is 1.53. The Morgan fingerprint density at radius 3 is 2.35 bits per heavy atom. The van der Waals surface area contributed by atoms with Crippen LogP contribution < -0.4 is 10.2 Å². The average molecular weight is 311 g/mol. The number of piperazine rings is 1. The van der Waals surface area contributed by atoms with Crippen molar-refractivity contribution in [2.45, 2.75) is 13.0 Å². The number of carbonyl (C=O) groups excluding carboxylic acids is 1. The van der Waals surface area contributed by atoms with Gasteiger partial charge in [-0.3, -0.25) is 9.69 Å². The minimum absolute atomic E-state index is 0.0283. The largest absolute Gasteiger partial charge is 0.338 e. The van der Waals surface area contributed by atoms with Crippen LogP contribution in [0, 0.1) is 0 Å². The highest BCUT2D eigenvalue weighted by atomic mass is 16.2. The molecule has 0 aliphatic carbocycles. The molecule has 6 nitrogen and oxygen atoms in total. The van der Waals surface area contributed by atoms with Gasteiger partial charge in [0.15, 0.2) is 0 Å². The topological polar surface area (TPSA) is 61.4 Å². The Kier molecular flexibility index (Phi) is 4.83. The van der Waals surface area contributed by atoms with Crippen LogP contribution in [0.4, 0.5) is 11.6 Å². The summed E-state index contributed by atoms with van der Waals surface area (Å²) in [4.78, 5) is 25.3. The molecular formula is C17H21N5O. The molecule has 1 atom stereocenters. The lowest BCUT2D eigenvalue weighted by Gasteiger charge is -2.37. The number of hydrogen-bond donors (Lipinski definition) is 1. The molecule has 1 N–H and O–H groups in total. The van der Waals surface area contributed by atoms with E-state index in [0.29, 0.717) is 0 Å². The molecule has 3 rings (SSSR count). The van der Waals surface area contributed by atoms with Crippen LogP contribution in [-0.2, 0) is 4.79 Å². The van der Waals surface area contributed by atoms with Crippen LogP contribution in [0.25, 0.3) is 0 Å². The van der Waals surface area contributed by atoms with E-state index >= 15 is 0 Å². The maximum absolute atomic E-state index is 12.4. The standard InChI is InChI=1S/C17H21N5O/c1-14(16(23)20-15-6-3-2-4-7-15)21-10-12-22(13-11-21)17-18-8-5-9-19-17/h2-9,14H,10-13H2,1H3,(H,20,23). The number of anilines is 2. The monoisotopic (exact) mass is 311 g/mol. The third-order valence-corrected chi connectivity index (χ3v) is 4.12. The number of amides is 1. The highest BCUT2D eigenvalue weighted by Crippen LogP contribution is 2.13. The minimum Gasteiger partial charge on any atom is -0.338 e. The predicted octanol–water partition coefficient (Wildman–Crippen LogP) is 1.63. The summed E-state index contributed by atoms with van der Waals surface area (Å²) in [6.45, 7) is 5.25. The lowest BCUT2D eigenvalue weighted by Crippen LogP contribution is -2.53. The Bertz CT molecular complexity index is 626. The quantitative estimate of drug-likeness (QED) is 0.930.